The Labute approximate surface area is 157 Å². The molecule has 0 amide bonds. The molecule has 0 bridgehead atoms. The fourth-order valence-corrected chi connectivity index (χ4v) is 3.82. The van der Waals surface area contributed by atoms with Crippen molar-refractivity contribution >= 4 is 32.7 Å². The van der Waals surface area contributed by atoms with Crippen LogP contribution in [0.5, 0.6) is 0 Å². The highest BCUT2D eigenvalue weighted by molar-refractivity contribution is 7.86. The molecule has 3 rings (SSSR count). The van der Waals surface area contributed by atoms with Gasteiger partial charge in [0.15, 0.2) is 0 Å². The highest BCUT2D eigenvalue weighted by atomic mass is 32.2. The Morgan fingerprint density at radius 3 is 2.78 bits per heavy atom. The van der Waals surface area contributed by atoms with Crippen molar-refractivity contribution in [3.63, 3.8) is 0 Å². The Morgan fingerprint density at radius 2 is 2.04 bits per heavy atom. The van der Waals surface area contributed by atoms with E-state index in [1.807, 2.05) is 11.0 Å². The van der Waals surface area contributed by atoms with E-state index in [2.05, 4.69) is 5.32 Å². The third-order valence-corrected chi connectivity index (χ3v) is 5.54. The molecule has 9 nitrogen and oxygen atoms in total. The van der Waals surface area contributed by atoms with Crippen molar-refractivity contribution in [2.45, 2.75) is 6.54 Å². The van der Waals surface area contributed by atoms with Crippen LogP contribution in [0, 0.1) is 0 Å². The number of carboxylic acids is 1. The molecule has 10 heteroatoms. The number of fused-ring (bicyclic) bond motifs is 1. The van der Waals surface area contributed by atoms with Gasteiger partial charge in [0.25, 0.3) is 10.1 Å². The standard InChI is InChI=1S/C17H23N3O6S/c21-17(22)12-20-5-4-14-15(2-1-3-16(14)20)18-13-26-27(23,24)11-8-19-6-9-25-10-7-19/h1-5,18H,6-13H2,(H,21,22). The molecule has 1 aromatic heterocycles. The van der Waals surface area contributed by atoms with E-state index in [1.54, 1.807) is 29.0 Å². The van der Waals surface area contributed by atoms with Crippen LogP contribution in [-0.2, 0) is 30.4 Å². The molecule has 0 saturated carbocycles. The third-order valence-electron chi connectivity index (χ3n) is 4.38. The maximum atomic E-state index is 12.1. The van der Waals surface area contributed by atoms with Crippen molar-refractivity contribution in [3.05, 3.63) is 30.5 Å². The van der Waals surface area contributed by atoms with Crippen LogP contribution >= 0.6 is 0 Å². The van der Waals surface area contributed by atoms with Gasteiger partial charge in [0.1, 0.15) is 13.3 Å². The first-order valence-corrected chi connectivity index (χ1v) is 10.2. The third kappa shape index (κ3) is 5.42. The van der Waals surface area contributed by atoms with Gasteiger partial charge in [0.05, 0.1) is 24.5 Å². The molecule has 2 aromatic rings. The van der Waals surface area contributed by atoms with Gasteiger partial charge in [-0.25, -0.2) is 4.18 Å². The Balaban J connectivity index is 1.55. The van der Waals surface area contributed by atoms with Crippen molar-refractivity contribution in [3.8, 4) is 0 Å². The number of nitrogens with zero attached hydrogens (tertiary/aromatic N) is 2. The second kappa shape index (κ2) is 8.70. The molecule has 1 aliphatic rings. The van der Waals surface area contributed by atoms with Gasteiger partial charge in [-0.2, -0.15) is 8.42 Å². The van der Waals surface area contributed by atoms with Gasteiger partial charge < -0.3 is 19.7 Å². The smallest absolute Gasteiger partial charge is 0.323 e. The Bertz CT molecular complexity index is 889. The van der Waals surface area contributed by atoms with Crippen LogP contribution in [0.4, 0.5) is 5.69 Å². The molecule has 1 fully saturated rings. The molecule has 0 radical (unpaired) electrons. The summed E-state index contributed by atoms with van der Waals surface area (Å²) in [6.07, 6.45) is 1.68. The molecule has 1 aromatic carbocycles. The van der Waals surface area contributed by atoms with Crippen LogP contribution in [-0.4, -0.2) is 74.3 Å². The average molecular weight is 397 g/mol. The van der Waals surface area contributed by atoms with Crippen LogP contribution in [0.1, 0.15) is 0 Å². The van der Waals surface area contributed by atoms with Crippen LogP contribution < -0.4 is 5.32 Å². The number of morpholine rings is 1. The molecule has 27 heavy (non-hydrogen) atoms. The van der Waals surface area contributed by atoms with E-state index in [4.69, 9.17) is 14.0 Å². The van der Waals surface area contributed by atoms with Crippen molar-refractivity contribution < 1.29 is 27.2 Å². The summed E-state index contributed by atoms with van der Waals surface area (Å²) in [5, 5.41) is 12.7. The zero-order valence-corrected chi connectivity index (χ0v) is 15.7. The normalized spacial score (nSPS) is 15.9. The summed E-state index contributed by atoms with van der Waals surface area (Å²) in [5.74, 6) is -1.01. The molecule has 148 valence electrons. The minimum Gasteiger partial charge on any atom is -0.480 e. The zero-order valence-electron chi connectivity index (χ0n) is 14.8. The van der Waals surface area contributed by atoms with E-state index in [-0.39, 0.29) is 19.0 Å². The van der Waals surface area contributed by atoms with Gasteiger partial charge >= 0.3 is 5.97 Å². The Hall–Kier alpha value is -2.14. The van der Waals surface area contributed by atoms with Gasteiger partial charge in [-0.3, -0.25) is 9.69 Å². The van der Waals surface area contributed by atoms with Crippen LogP contribution in [0.25, 0.3) is 10.9 Å². The lowest BCUT2D eigenvalue weighted by atomic mass is 10.2. The van der Waals surface area contributed by atoms with Crippen LogP contribution in [0.2, 0.25) is 0 Å². The number of benzene rings is 1. The second-order valence-electron chi connectivity index (χ2n) is 6.23. The number of rotatable bonds is 9. The molecule has 0 unspecified atom stereocenters. The fourth-order valence-electron chi connectivity index (χ4n) is 2.98. The molecule has 1 aliphatic heterocycles. The summed E-state index contributed by atoms with van der Waals surface area (Å²) in [6, 6.07) is 7.16. The van der Waals surface area contributed by atoms with Gasteiger partial charge in [-0.1, -0.05) is 6.07 Å². The summed E-state index contributed by atoms with van der Waals surface area (Å²) in [4.78, 5) is 13.0. The minimum atomic E-state index is -3.64. The topological polar surface area (TPSA) is 110 Å². The van der Waals surface area contributed by atoms with Gasteiger partial charge in [0.2, 0.25) is 0 Å². The molecular weight excluding hydrogens is 374 g/mol. The van der Waals surface area contributed by atoms with Crippen LogP contribution in [0.15, 0.2) is 30.5 Å². The van der Waals surface area contributed by atoms with Gasteiger partial charge in [-0.05, 0) is 18.2 Å². The lowest BCUT2D eigenvalue weighted by molar-refractivity contribution is -0.137. The quantitative estimate of drug-likeness (QED) is 0.472. The molecular formula is C17H23N3O6S. The lowest BCUT2D eigenvalue weighted by Crippen LogP contribution is -2.39. The summed E-state index contributed by atoms with van der Waals surface area (Å²) >= 11 is 0. The van der Waals surface area contributed by atoms with Crippen molar-refractivity contribution in [2.75, 3.05) is 50.6 Å². The predicted octanol–water partition coefficient (Wildman–Crippen LogP) is 0.774. The molecule has 2 N–H and O–H groups in total. The summed E-state index contributed by atoms with van der Waals surface area (Å²) in [6.45, 7) is 2.78. The molecule has 2 heterocycles. The van der Waals surface area contributed by atoms with E-state index >= 15 is 0 Å². The van der Waals surface area contributed by atoms with E-state index < -0.39 is 16.1 Å². The molecule has 1 saturated heterocycles. The van der Waals surface area contributed by atoms with Crippen molar-refractivity contribution in [1.82, 2.24) is 9.47 Å². The number of aliphatic carboxylic acids is 1. The second-order valence-corrected chi connectivity index (χ2v) is 7.99. The molecule has 0 atom stereocenters. The first kappa shape index (κ1) is 19.6. The van der Waals surface area contributed by atoms with E-state index in [0.29, 0.717) is 25.4 Å². The number of aromatic nitrogens is 1. The lowest BCUT2D eigenvalue weighted by Gasteiger charge is -2.26. The van der Waals surface area contributed by atoms with E-state index in [1.165, 1.54) is 0 Å². The number of ether oxygens (including phenoxy) is 1. The predicted molar refractivity (Wildman–Crippen MR) is 100 cm³/mol. The Kier molecular flexibility index (Phi) is 6.32. The van der Waals surface area contributed by atoms with Crippen molar-refractivity contribution in [1.29, 1.82) is 0 Å². The fraction of sp³-hybridized carbons (Fsp3) is 0.471. The SMILES string of the molecule is O=C(O)Cn1ccc2c(NCOS(=O)(=O)CCN3CCOCC3)cccc21. The molecule has 0 aliphatic carbocycles. The Morgan fingerprint density at radius 1 is 1.26 bits per heavy atom. The number of nitrogens with one attached hydrogen (secondary N) is 1. The first-order chi connectivity index (χ1) is 12.9. The number of carboxylic acid groups (broad SMARTS) is 1. The highest BCUT2D eigenvalue weighted by Crippen LogP contribution is 2.24. The zero-order chi connectivity index (χ0) is 19.3. The number of hydrogen-bond acceptors (Lipinski definition) is 7. The maximum absolute atomic E-state index is 12.1. The largest absolute Gasteiger partial charge is 0.480 e. The van der Waals surface area contributed by atoms with Crippen LogP contribution in [0.3, 0.4) is 0 Å². The summed E-state index contributed by atoms with van der Waals surface area (Å²) in [7, 11) is -3.64. The van der Waals surface area contributed by atoms with Gasteiger partial charge in [-0.15, -0.1) is 0 Å². The first-order valence-electron chi connectivity index (χ1n) is 8.65. The monoisotopic (exact) mass is 397 g/mol. The van der Waals surface area contributed by atoms with E-state index in [9.17, 15) is 13.2 Å². The maximum Gasteiger partial charge on any atom is 0.323 e. The number of anilines is 1. The molecule has 0 spiro atoms. The highest BCUT2D eigenvalue weighted by Gasteiger charge is 2.17. The minimum absolute atomic E-state index is 0.0755. The van der Waals surface area contributed by atoms with Crippen molar-refractivity contribution in [2.24, 2.45) is 0 Å². The summed E-state index contributed by atoms with van der Waals surface area (Å²) < 4.78 is 36.0. The summed E-state index contributed by atoms with van der Waals surface area (Å²) in [5.41, 5.74) is 1.43. The van der Waals surface area contributed by atoms with E-state index in [0.717, 1.165) is 24.0 Å². The number of hydrogen-bond donors (Lipinski definition) is 2. The average Bonchev–Trinajstić information content (AvgIpc) is 3.04. The van der Waals surface area contributed by atoms with Gasteiger partial charge in [0, 0.05) is 36.9 Å². The number of carbonyl (C=O) groups is 1.